The summed E-state index contributed by atoms with van der Waals surface area (Å²) in [5, 5.41) is 3.14. The Hall–Kier alpha value is -2.73. The SMILES string of the molecule is COc1cc(C(=O)NC[C@@H](c2ccc(C)cc2)N2CCCCCC2)cc(OC)c1OC. The van der Waals surface area contributed by atoms with Crippen LogP contribution in [0.4, 0.5) is 0 Å². The first-order chi connectivity index (χ1) is 15.1. The third-order valence-electron chi connectivity index (χ3n) is 5.93. The Kier molecular flexibility index (Phi) is 8.18. The maximum absolute atomic E-state index is 13.0. The summed E-state index contributed by atoms with van der Waals surface area (Å²) in [6.45, 7) is 4.74. The quantitative estimate of drug-likeness (QED) is 0.679. The zero-order valence-electron chi connectivity index (χ0n) is 19.1. The number of hydrogen-bond donors (Lipinski definition) is 1. The zero-order chi connectivity index (χ0) is 22.2. The van der Waals surface area contributed by atoms with Crippen molar-refractivity contribution in [2.24, 2.45) is 0 Å². The standard InChI is InChI=1S/C25H34N2O4/c1-18-9-11-19(12-10-18)21(27-13-7-5-6-8-14-27)17-26-25(28)20-15-22(29-2)24(31-4)23(16-20)30-3/h9-12,15-16,21H,5-8,13-14,17H2,1-4H3,(H,26,28)/t21-/m0/s1. The van der Waals surface area contributed by atoms with E-state index in [0.717, 1.165) is 13.1 Å². The molecule has 168 valence electrons. The number of amides is 1. The van der Waals surface area contributed by atoms with E-state index in [1.54, 1.807) is 33.5 Å². The van der Waals surface area contributed by atoms with Gasteiger partial charge in [0, 0.05) is 12.1 Å². The molecule has 6 nitrogen and oxygen atoms in total. The van der Waals surface area contributed by atoms with Crippen molar-refractivity contribution in [2.45, 2.75) is 38.6 Å². The number of aryl methyl sites for hydroxylation is 1. The number of benzene rings is 2. The van der Waals surface area contributed by atoms with Gasteiger partial charge in [0.1, 0.15) is 0 Å². The molecule has 1 fully saturated rings. The predicted octanol–water partition coefficient (Wildman–Crippen LogP) is 4.37. The summed E-state index contributed by atoms with van der Waals surface area (Å²) in [6, 6.07) is 12.1. The zero-order valence-corrected chi connectivity index (χ0v) is 19.1. The summed E-state index contributed by atoms with van der Waals surface area (Å²) in [5.74, 6) is 1.25. The Morgan fingerprint density at radius 2 is 1.52 bits per heavy atom. The molecule has 0 bridgehead atoms. The van der Waals surface area contributed by atoms with Crippen LogP contribution in [0.5, 0.6) is 17.2 Å². The van der Waals surface area contributed by atoms with Crippen molar-refractivity contribution in [1.29, 1.82) is 0 Å². The molecule has 0 radical (unpaired) electrons. The number of rotatable bonds is 8. The second kappa shape index (κ2) is 11.0. The highest BCUT2D eigenvalue weighted by Gasteiger charge is 2.23. The van der Waals surface area contributed by atoms with Crippen LogP contribution in [0.1, 0.15) is 53.2 Å². The van der Waals surface area contributed by atoms with Crippen molar-refractivity contribution < 1.29 is 19.0 Å². The molecule has 1 heterocycles. The summed E-state index contributed by atoms with van der Waals surface area (Å²) in [7, 11) is 4.64. The van der Waals surface area contributed by atoms with E-state index in [1.165, 1.54) is 36.8 Å². The molecule has 0 saturated carbocycles. The highest BCUT2D eigenvalue weighted by molar-refractivity contribution is 5.95. The lowest BCUT2D eigenvalue weighted by atomic mass is 10.0. The van der Waals surface area contributed by atoms with Gasteiger partial charge in [0.15, 0.2) is 11.5 Å². The van der Waals surface area contributed by atoms with Crippen molar-refractivity contribution in [1.82, 2.24) is 10.2 Å². The van der Waals surface area contributed by atoms with Gasteiger partial charge in [0.25, 0.3) is 5.91 Å². The number of carbonyl (C=O) groups excluding carboxylic acids is 1. The normalized spacial score (nSPS) is 15.6. The lowest BCUT2D eigenvalue weighted by molar-refractivity contribution is 0.0932. The average molecular weight is 427 g/mol. The van der Waals surface area contributed by atoms with Crippen LogP contribution in [0.15, 0.2) is 36.4 Å². The molecule has 0 aromatic heterocycles. The van der Waals surface area contributed by atoms with E-state index in [9.17, 15) is 4.79 Å². The van der Waals surface area contributed by atoms with E-state index in [0.29, 0.717) is 29.4 Å². The van der Waals surface area contributed by atoms with Crippen molar-refractivity contribution in [2.75, 3.05) is 41.0 Å². The minimum atomic E-state index is -0.161. The Morgan fingerprint density at radius 1 is 0.935 bits per heavy atom. The molecule has 6 heteroatoms. The van der Waals surface area contributed by atoms with E-state index in [1.807, 2.05) is 0 Å². The van der Waals surface area contributed by atoms with Crippen molar-refractivity contribution in [3.8, 4) is 17.2 Å². The summed E-state index contributed by atoms with van der Waals surface area (Å²) < 4.78 is 16.1. The Bertz CT molecular complexity index is 833. The van der Waals surface area contributed by atoms with E-state index in [4.69, 9.17) is 14.2 Å². The third kappa shape index (κ3) is 5.70. The molecular weight excluding hydrogens is 392 g/mol. The van der Waals surface area contributed by atoms with Crippen LogP contribution in [0.25, 0.3) is 0 Å². The first-order valence-corrected chi connectivity index (χ1v) is 11.0. The largest absolute Gasteiger partial charge is 0.493 e. The number of nitrogens with one attached hydrogen (secondary N) is 1. The van der Waals surface area contributed by atoms with Gasteiger partial charge in [0.2, 0.25) is 5.75 Å². The summed E-state index contributed by atoms with van der Waals surface area (Å²) in [4.78, 5) is 15.5. The van der Waals surface area contributed by atoms with Crippen LogP contribution in [-0.4, -0.2) is 51.8 Å². The van der Waals surface area contributed by atoms with Crippen LogP contribution in [0, 0.1) is 6.92 Å². The fraction of sp³-hybridized carbons (Fsp3) is 0.480. The maximum atomic E-state index is 13.0. The van der Waals surface area contributed by atoms with Gasteiger partial charge in [-0.3, -0.25) is 9.69 Å². The fourth-order valence-corrected chi connectivity index (χ4v) is 4.16. The van der Waals surface area contributed by atoms with Crippen LogP contribution in [0.3, 0.4) is 0 Å². The Balaban J connectivity index is 1.80. The highest BCUT2D eigenvalue weighted by Crippen LogP contribution is 2.38. The van der Waals surface area contributed by atoms with Crippen LogP contribution in [-0.2, 0) is 0 Å². The fourth-order valence-electron chi connectivity index (χ4n) is 4.16. The van der Waals surface area contributed by atoms with Gasteiger partial charge in [-0.25, -0.2) is 0 Å². The lowest BCUT2D eigenvalue weighted by Gasteiger charge is -2.31. The first kappa shape index (κ1) is 22.9. The van der Waals surface area contributed by atoms with E-state index < -0.39 is 0 Å². The smallest absolute Gasteiger partial charge is 0.251 e. The minimum absolute atomic E-state index is 0.143. The van der Waals surface area contributed by atoms with Gasteiger partial charge in [0.05, 0.1) is 27.4 Å². The number of likely N-dealkylation sites (tertiary alicyclic amines) is 1. The molecule has 1 atom stereocenters. The van der Waals surface area contributed by atoms with E-state index in [2.05, 4.69) is 41.4 Å². The first-order valence-electron chi connectivity index (χ1n) is 11.0. The Morgan fingerprint density at radius 3 is 2.03 bits per heavy atom. The molecule has 1 N–H and O–H groups in total. The third-order valence-corrected chi connectivity index (χ3v) is 5.93. The van der Waals surface area contributed by atoms with E-state index in [-0.39, 0.29) is 11.9 Å². The second-order valence-corrected chi connectivity index (χ2v) is 8.00. The number of nitrogens with zero attached hydrogens (tertiary/aromatic N) is 1. The second-order valence-electron chi connectivity index (χ2n) is 8.00. The molecule has 1 amide bonds. The molecule has 1 saturated heterocycles. The van der Waals surface area contributed by atoms with Gasteiger partial charge >= 0.3 is 0 Å². The van der Waals surface area contributed by atoms with Gasteiger partial charge in [-0.05, 0) is 50.6 Å². The van der Waals surface area contributed by atoms with Gasteiger partial charge in [-0.2, -0.15) is 0 Å². The molecule has 1 aliphatic heterocycles. The van der Waals surface area contributed by atoms with Crippen LogP contribution in [0.2, 0.25) is 0 Å². The summed E-state index contributed by atoms with van der Waals surface area (Å²) in [6.07, 6.45) is 4.94. The summed E-state index contributed by atoms with van der Waals surface area (Å²) >= 11 is 0. The molecule has 2 aromatic carbocycles. The predicted molar refractivity (Wildman–Crippen MR) is 122 cm³/mol. The number of methoxy groups -OCH3 is 3. The Labute approximate surface area is 185 Å². The molecule has 0 spiro atoms. The molecule has 3 rings (SSSR count). The minimum Gasteiger partial charge on any atom is -0.493 e. The molecule has 0 unspecified atom stereocenters. The molecule has 0 aliphatic carbocycles. The molecule has 31 heavy (non-hydrogen) atoms. The van der Waals surface area contributed by atoms with E-state index >= 15 is 0 Å². The molecule has 1 aliphatic rings. The van der Waals surface area contributed by atoms with Crippen LogP contribution < -0.4 is 19.5 Å². The number of carbonyl (C=O) groups is 1. The van der Waals surface area contributed by atoms with Gasteiger partial charge in [-0.15, -0.1) is 0 Å². The summed E-state index contributed by atoms with van der Waals surface area (Å²) in [5.41, 5.74) is 2.95. The molecular formula is C25H34N2O4. The molecule has 2 aromatic rings. The topological polar surface area (TPSA) is 60.0 Å². The van der Waals surface area contributed by atoms with Crippen molar-refractivity contribution in [3.63, 3.8) is 0 Å². The van der Waals surface area contributed by atoms with Gasteiger partial charge in [-0.1, -0.05) is 42.7 Å². The van der Waals surface area contributed by atoms with Crippen molar-refractivity contribution in [3.05, 3.63) is 53.1 Å². The monoisotopic (exact) mass is 426 g/mol. The number of ether oxygens (including phenoxy) is 3. The van der Waals surface area contributed by atoms with Crippen molar-refractivity contribution >= 4 is 5.91 Å². The number of hydrogen-bond acceptors (Lipinski definition) is 5. The lowest BCUT2D eigenvalue weighted by Crippen LogP contribution is -2.38. The maximum Gasteiger partial charge on any atom is 0.251 e. The van der Waals surface area contributed by atoms with Gasteiger partial charge < -0.3 is 19.5 Å². The highest BCUT2D eigenvalue weighted by atomic mass is 16.5. The average Bonchev–Trinajstić information content (AvgIpc) is 3.08. The van der Waals surface area contributed by atoms with Crippen LogP contribution >= 0.6 is 0 Å².